The van der Waals surface area contributed by atoms with Gasteiger partial charge in [0.15, 0.2) is 6.10 Å². The van der Waals surface area contributed by atoms with Crippen LogP contribution in [0.25, 0.3) is 0 Å². The molecule has 0 radical (unpaired) electrons. The molecule has 0 aromatic heterocycles. The van der Waals surface area contributed by atoms with Crippen LogP contribution in [0.15, 0.2) is 18.2 Å². The molecule has 6 nitrogen and oxygen atoms in total. The Balaban J connectivity index is 2.46. The number of carbonyl (C=O) groups is 2. The van der Waals surface area contributed by atoms with Gasteiger partial charge in [0.05, 0.1) is 5.69 Å². The van der Waals surface area contributed by atoms with E-state index in [2.05, 4.69) is 10.6 Å². The van der Waals surface area contributed by atoms with Crippen molar-refractivity contribution >= 4 is 17.7 Å². The molecule has 0 saturated heterocycles. The Morgan fingerprint density at radius 3 is 2.68 bits per heavy atom. The largest absolute Gasteiger partial charge is 0.479 e. The molecule has 4 N–H and O–H groups in total. The third-order valence-electron chi connectivity index (χ3n) is 2.45. The van der Waals surface area contributed by atoms with Crippen LogP contribution >= 0.6 is 0 Å². The van der Waals surface area contributed by atoms with Gasteiger partial charge in [-0.1, -0.05) is 12.1 Å². The van der Waals surface area contributed by atoms with E-state index in [1.54, 1.807) is 13.0 Å². The summed E-state index contributed by atoms with van der Waals surface area (Å²) in [4.78, 5) is 21.8. The summed E-state index contributed by atoms with van der Waals surface area (Å²) < 4.78 is 13.4. The summed E-state index contributed by atoms with van der Waals surface area (Å²) in [6, 6.07) is 3.73. The molecule has 2 amide bonds. The Bertz CT molecular complexity index is 459. The number of aryl methyl sites for hydroxylation is 1. The van der Waals surface area contributed by atoms with Gasteiger partial charge in [-0.25, -0.2) is 14.0 Å². The lowest BCUT2D eigenvalue weighted by Crippen LogP contribution is -2.33. The molecule has 0 spiro atoms. The Labute approximate surface area is 109 Å². The lowest BCUT2D eigenvalue weighted by atomic mass is 10.2. The Kier molecular flexibility index (Phi) is 5.25. The van der Waals surface area contributed by atoms with Gasteiger partial charge in [0, 0.05) is 13.0 Å². The first-order chi connectivity index (χ1) is 8.91. The third kappa shape index (κ3) is 4.55. The second kappa shape index (κ2) is 6.69. The number of benzene rings is 1. The average molecular weight is 270 g/mol. The number of urea groups is 1. The number of nitrogens with one attached hydrogen (secondary N) is 2. The molecule has 1 aromatic carbocycles. The number of amides is 2. The number of aliphatic hydroxyl groups is 1. The Hall–Kier alpha value is -2.15. The third-order valence-corrected chi connectivity index (χ3v) is 2.45. The van der Waals surface area contributed by atoms with E-state index in [0.29, 0.717) is 5.56 Å². The summed E-state index contributed by atoms with van der Waals surface area (Å²) in [5, 5.41) is 22.1. The first-order valence-corrected chi connectivity index (χ1v) is 5.62. The van der Waals surface area contributed by atoms with Gasteiger partial charge in [-0.05, 0) is 18.6 Å². The van der Waals surface area contributed by atoms with E-state index in [1.807, 2.05) is 0 Å². The van der Waals surface area contributed by atoms with Crippen molar-refractivity contribution in [3.63, 3.8) is 0 Å². The van der Waals surface area contributed by atoms with E-state index in [4.69, 9.17) is 10.2 Å². The van der Waals surface area contributed by atoms with Crippen LogP contribution in [0.2, 0.25) is 0 Å². The summed E-state index contributed by atoms with van der Waals surface area (Å²) in [6.45, 7) is 1.61. The quantitative estimate of drug-likeness (QED) is 0.643. The van der Waals surface area contributed by atoms with E-state index < -0.39 is 23.9 Å². The minimum atomic E-state index is -1.53. The first-order valence-electron chi connectivity index (χ1n) is 5.62. The number of para-hydroxylation sites is 1. The van der Waals surface area contributed by atoms with Gasteiger partial charge in [-0.2, -0.15) is 0 Å². The zero-order chi connectivity index (χ0) is 14.4. The molecule has 0 aliphatic heterocycles. The van der Waals surface area contributed by atoms with Gasteiger partial charge >= 0.3 is 12.0 Å². The second-order valence-corrected chi connectivity index (χ2v) is 3.96. The predicted octanol–water partition coefficient (Wildman–Crippen LogP) is 1.09. The number of carboxylic acids is 1. The molecule has 7 heteroatoms. The SMILES string of the molecule is Cc1cccc(F)c1NC(=O)NCCC(O)C(=O)O. The molecule has 19 heavy (non-hydrogen) atoms. The van der Waals surface area contributed by atoms with Gasteiger partial charge in [0.2, 0.25) is 0 Å². The molecule has 1 atom stereocenters. The number of hydrogen-bond donors (Lipinski definition) is 4. The summed E-state index contributed by atoms with van der Waals surface area (Å²) in [5.74, 6) is -1.91. The van der Waals surface area contributed by atoms with Crippen LogP contribution < -0.4 is 10.6 Å². The van der Waals surface area contributed by atoms with Crippen LogP contribution in [0, 0.1) is 12.7 Å². The van der Waals surface area contributed by atoms with Crippen molar-refractivity contribution in [3.05, 3.63) is 29.6 Å². The zero-order valence-corrected chi connectivity index (χ0v) is 10.3. The van der Waals surface area contributed by atoms with Gasteiger partial charge in [-0.15, -0.1) is 0 Å². The molecular weight excluding hydrogens is 255 g/mol. The minimum absolute atomic E-state index is 0.0349. The van der Waals surface area contributed by atoms with Crippen molar-refractivity contribution in [2.24, 2.45) is 0 Å². The van der Waals surface area contributed by atoms with Crippen LogP contribution in [0.5, 0.6) is 0 Å². The molecule has 104 valence electrons. The number of halogens is 1. The van der Waals surface area contributed by atoms with Crippen LogP contribution in [0.4, 0.5) is 14.9 Å². The summed E-state index contributed by atoms with van der Waals surface area (Å²) in [5.41, 5.74) is 0.638. The molecule has 0 heterocycles. The van der Waals surface area contributed by atoms with E-state index in [9.17, 15) is 14.0 Å². The normalized spacial score (nSPS) is 11.7. The molecular formula is C12H15FN2O4. The number of rotatable bonds is 5. The smallest absolute Gasteiger partial charge is 0.332 e. The standard InChI is InChI=1S/C12H15FN2O4/c1-7-3-2-4-8(13)10(7)15-12(19)14-6-5-9(16)11(17)18/h2-4,9,16H,5-6H2,1H3,(H,17,18)(H2,14,15,19). The van der Waals surface area contributed by atoms with Crippen LogP contribution in [0.1, 0.15) is 12.0 Å². The molecule has 0 fully saturated rings. The minimum Gasteiger partial charge on any atom is -0.479 e. The van der Waals surface area contributed by atoms with E-state index in [-0.39, 0.29) is 18.7 Å². The number of aliphatic hydroxyl groups excluding tert-OH is 1. The fourth-order valence-corrected chi connectivity index (χ4v) is 1.39. The zero-order valence-electron chi connectivity index (χ0n) is 10.3. The number of carboxylic acid groups (broad SMARTS) is 1. The highest BCUT2D eigenvalue weighted by atomic mass is 19.1. The predicted molar refractivity (Wildman–Crippen MR) is 66.4 cm³/mol. The second-order valence-electron chi connectivity index (χ2n) is 3.96. The number of carbonyl (C=O) groups excluding carboxylic acids is 1. The van der Waals surface area contributed by atoms with Gasteiger partial charge in [0.1, 0.15) is 5.82 Å². The fraction of sp³-hybridized carbons (Fsp3) is 0.333. The van der Waals surface area contributed by atoms with Crippen molar-refractivity contribution in [1.82, 2.24) is 5.32 Å². The number of anilines is 1. The highest BCUT2D eigenvalue weighted by Crippen LogP contribution is 2.18. The van der Waals surface area contributed by atoms with Crippen LogP contribution in [-0.2, 0) is 4.79 Å². The first kappa shape index (κ1) is 14.9. The molecule has 0 bridgehead atoms. The molecule has 0 aliphatic rings. The van der Waals surface area contributed by atoms with Gasteiger partial charge in [0.25, 0.3) is 0 Å². The summed E-state index contributed by atoms with van der Waals surface area (Å²) >= 11 is 0. The molecule has 0 aliphatic carbocycles. The highest BCUT2D eigenvalue weighted by molar-refractivity contribution is 5.90. The van der Waals surface area contributed by atoms with E-state index >= 15 is 0 Å². The highest BCUT2D eigenvalue weighted by Gasteiger charge is 2.13. The van der Waals surface area contributed by atoms with Gasteiger partial charge < -0.3 is 20.8 Å². The molecule has 1 aromatic rings. The fourth-order valence-electron chi connectivity index (χ4n) is 1.39. The lowest BCUT2D eigenvalue weighted by molar-refractivity contribution is -0.146. The van der Waals surface area contributed by atoms with Gasteiger partial charge in [-0.3, -0.25) is 0 Å². The average Bonchev–Trinajstić information content (AvgIpc) is 2.33. The van der Waals surface area contributed by atoms with Crippen LogP contribution in [0.3, 0.4) is 0 Å². The Morgan fingerprint density at radius 2 is 2.11 bits per heavy atom. The summed E-state index contributed by atoms with van der Waals surface area (Å²) in [6.07, 6.45) is -1.66. The Morgan fingerprint density at radius 1 is 1.42 bits per heavy atom. The molecule has 1 unspecified atom stereocenters. The maximum absolute atomic E-state index is 13.4. The molecule has 1 rings (SSSR count). The van der Waals surface area contributed by atoms with E-state index in [0.717, 1.165) is 0 Å². The van der Waals surface area contributed by atoms with Crippen molar-refractivity contribution < 1.29 is 24.2 Å². The number of aliphatic carboxylic acids is 1. The van der Waals surface area contributed by atoms with Crippen LogP contribution in [-0.4, -0.2) is 34.9 Å². The lowest BCUT2D eigenvalue weighted by Gasteiger charge is -2.11. The van der Waals surface area contributed by atoms with Crippen molar-refractivity contribution in [2.75, 3.05) is 11.9 Å². The van der Waals surface area contributed by atoms with Crippen molar-refractivity contribution in [1.29, 1.82) is 0 Å². The number of hydrogen-bond acceptors (Lipinski definition) is 3. The summed E-state index contributed by atoms with van der Waals surface area (Å²) in [7, 11) is 0. The molecule has 0 saturated carbocycles. The topological polar surface area (TPSA) is 98.7 Å². The van der Waals surface area contributed by atoms with E-state index in [1.165, 1.54) is 12.1 Å². The maximum Gasteiger partial charge on any atom is 0.332 e. The maximum atomic E-state index is 13.4. The monoisotopic (exact) mass is 270 g/mol. The van der Waals surface area contributed by atoms with Crippen molar-refractivity contribution in [3.8, 4) is 0 Å². The van der Waals surface area contributed by atoms with Crippen molar-refractivity contribution in [2.45, 2.75) is 19.4 Å².